The van der Waals surface area contributed by atoms with E-state index < -0.39 is 0 Å². The van der Waals surface area contributed by atoms with Gasteiger partial charge in [-0.2, -0.15) is 0 Å². The van der Waals surface area contributed by atoms with Crippen molar-refractivity contribution in [1.82, 2.24) is 9.88 Å². The number of hydrogen-bond donors (Lipinski definition) is 1. The maximum Gasteiger partial charge on any atom is 0.255 e. The molecular weight excluding hydrogens is 302 g/mol. The molecule has 0 fully saturated rings. The molecule has 2 rings (SSSR count). The number of anilines is 1. The van der Waals surface area contributed by atoms with E-state index in [1.165, 1.54) is 11.1 Å². The largest absolute Gasteiger partial charge is 0.332 e. The van der Waals surface area contributed by atoms with Crippen LogP contribution < -0.4 is 5.32 Å². The average molecular weight is 318 g/mol. The third-order valence-electron chi connectivity index (χ3n) is 3.03. The first-order chi connectivity index (χ1) is 10.5. The number of pyridine rings is 1. The van der Waals surface area contributed by atoms with Gasteiger partial charge in [-0.3, -0.25) is 14.6 Å². The van der Waals surface area contributed by atoms with Gasteiger partial charge in [0.1, 0.15) is 0 Å². The summed E-state index contributed by atoms with van der Waals surface area (Å²) < 4.78 is 0. The number of carbonyl (C=O) groups is 2. The molecule has 0 radical (unpaired) electrons. The number of hydrogen-bond acceptors (Lipinski definition) is 3. The molecule has 0 aliphatic rings. The van der Waals surface area contributed by atoms with E-state index in [9.17, 15) is 9.59 Å². The summed E-state index contributed by atoms with van der Waals surface area (Å²) in [6, 6.07) is 10.4. The third kappa shape index (κ3) is 4.05. The van der Waals surface area contributed by atoms with Crippen molar-refractivity contribution in [3.8, 4) is 0 Å². The number of para-hydroxylation sites is 1. The van der Waals surface area contributed by atoms with Crippen LogP contribution in [0.4, 0.5) is 5.69 Å². The summed E-state index contributed by atoms with van der Waals surface area (Å²) in [5, 5.41) is 3.13. The van der Waals surface area contributed by atoms with Crippen LogP contribution in [-0.4, -0.2) is 35.3 Å². The Labute approximate surface area is 133 Å². The van der Waals surface area contributed by atoms with Crippen molar-refractivity contribution in [3.63, 3.8) is 0 Å². The summed E-state index contributed by atoms with van der Waals surface area (Å²) in [6.07, 6.45) is 1.50. The van der Waals surface area contributed by atoms with E-state index in [-0.39, 0.29) is 18.4 Å². The molecule has 0 saturated carbocycles. The fourth-order valence-electron chi connectivity index (χ4n) is 1.85. The van der Waals surface area contributed by atoms with E-state index in [2.05, 4.69) is 10.3 Å². The lowest BCUT2D eigenvalue weighted by molar-refractivity contribution is -0.116. The molecule has 1 aromatic carbocycles. The Morgan fingerprint density at radius 1 is 1.23 bits per heavy atom. The molecule has 22 heavy (non-hydrogen) atoms. The zero-order valence-electron chi connectivity index (χ0n) is 12.3. The van der Waals surface area contributed by atoms with Gasteiger partial charge in [0.25, 0.3) is 5.91 Å². The van der Waals surface area contributed by atoms with Crippen LogP contribution in [0.2, 0.25) is 5.02 Å². The highest BCUT2D eigenvalue weighted by Crippen LogP contribution is 2.20. The lowest BCUT2D eigenvalue weighted by Gasteiger charge is -2.17. The topological polar surface area (TPSA) is 62.3 Å². The van der Waals surface area contributed by atoms with Gasteiger partial charge in [0.05, 0.1) is 22.8 Å². The first-order valence-electron chi connectivity index (χ1n) is 6.70. The maximum atomic E-state index is 12.2. The zero-order chi connectivity index (χ0) is 16.1. The molecule has 1 heterocycles. The van der Waals surface area contributed by atoms with E-state index >= 15 is 0 Å². The SMILES string of the molecule is Cc1ccc(C(=O)N(C)CC(=O)Nc2ccccc2Cl)cn1. The summed E-state index contributed by atoms with van der Waals surface area (Å²) in [7, 11) is 1.56. The molecule has 0 saturated heterocycles. The number of rotatable bonds is 4. The van der Waals surface area contributed by atoms with Gasteiger partial charge in [-0.05, 0) is 31.2 Å². The van der Waals surface area contributed by atoms with Crippen LogP contribution in [0.5, 0.6) is 0 Å². The molecule has 0 aliphatic carbocycles. The van der Waals surface area contributed by atoms with Crippen LogP contribution in [0.15, 0.2) is 42.6 Å². The van der Waals surface area contributed by atoms with E-state index in [0.717, 1.165) is 5.69 Å². The maximum absolute atomic E-state index is 12.2. The van der Waals surface area contributed by atoms with Crippen LogP contribution in [0.25, 0.3) is 0 Å². The van der Waals surface area contributed by atoms with Crippen molar-refractivity contribution < 1.29 is 9.59 Å². The second-order valence-electron chi connectivity index (χ2n) is 4.88. The van der Waals surface area contributed by atoms with Crippen molar-refractivity contribution in [2.75, 3.05) is 18.9 Å². The van der Waals surface area contributed by atoms with Gasteiger partial charge >= 0.3 is 0 Å². The van der Waals surface area contributed by atoms with E-state index in [1.807, 2.05) is 6.92 Å². The predicted molar refractivity (Wildman–Crippen MR) is 86.0 cm³/mol. The second-order valence-corrected chi connectivity index (χ2v) is 5.28. The average Bonchev–Trinajstić information content (AvgIpc) is 2.49. The summed E-state index contributed by atoms with van der Waals surface area (Å²) in [5.74, 6) is -0.578. The molecule has 0 aliphatic heterocycles. The molecule has 1 N–H and O–H groups in total. The summed E-state index contributed by atoms with van der Waals surface area (Å²) in [4.78, 5) is 29.6. The number of nitrogens with zero attached hydrogens (tertiary/aromatic N) is 2. The van der Waals surface area contributed by atoms with E-state index in [0.29, 0.717) is 16.3 Å². The Bertz CT molecular complexity index is 686. The van der Waals surface area contributed by atoms with Crippen LogP contribution in [0.3, 0.4) is 0 Å². The standard InChI is InChI=1S/C16H16ClN3O2/c1-11-7-8-12(9-18-11)16(22)20(2)10-15(21)19-14-6-4-3-5-13(14)17/h3-9H,10H2,1-2H3,(H,19,21). The molecule has 6 heteroatoms. The van der Waals surface area contributed by atoms with Crippen LogP contribution >= 0.6 is 11.6 Å². The molecule has 0 atom stereocenters. The van der Waals surface area contributed by atoms with Crippen LogP contribution in [0.1, 0.15) is 16.1 Å². The number of aromatic nitrogens is 1. The number of carbonyl (C=O) groups excluding carboxylic acids is 2. The van der Waals surface area contributed by atoms with Crippen molar-refractivity contribution >= 4 is 29.1 Å². The predicted octanol–water partition coefficient (Wildman–Crippen LogP) is 2.75. The van der Waals surface area contributed by atoms with Gasteiger partial charge in [0, 0.05) is 18.9 Å². The van der Waals surface area contributed by atoms with Gasteiger partial charge in [-0.15, -0.1) is 0 Å². The van der Waals surface area contributed by atoms with Gasteiger partial charge in [0.2, 0.25) is 5.91 Å². The van der Waals surface area contributed by atoms with Gasteiger partial charge in [-0.1, -0.05) is 23.7 Å². The normalized spacial score (nSPS) is 10.1. The highest BCUT2D eigenvalue weighted by atomic mass is 35.5. The molecule has 0 unspecified atom stereocenters. The lowest BCUT2D eigenvalue weighted by Crippen LogP contribution is -2.35. The van der Waals surface area contributed by atoms with E-state index in [1.54, 1.807) is 43.4 Å². The minimum Gasteiger partial charge on any atom is -0.332 e. The molecular formula is C16H16ClN3O2. The van der Waals surface area contributed by atoms with Gasteiger partial charge in [0.15, 0.2) is 0 Å². The number of aryl methyl sites for hydroxylation is 1. The molecule has 0 bridgehead atoms. The lowest BCUT2D eigenvalue weighted by atomic mass is 10.2. The van der Waals surface area contributed by atoms with Crippen molar-refractivity contribution in [3.05, 3.63) is 58.9 Å². The quantitative estimate of drug-likeness (QED) is 0.943. The molecule has 1 aromatic heterocycles. The first-order valence-corrected chi connectivity index (χ1v) is 7.07. The number of likely N-dealkylation sites (N-methyl/N-ethyl adjacent to an activating group) is 1. The molecule has 2 aromatic rings. The monoisotopic (exact) mass is 317 g/mol. The fourth-order valence-corrected chi connectivity index (χ4v) is 2.04. The third-order valence-corrected chi connectivity index (χ3v) is 3.36. The molecule has 0 spiro atoms. The Hall–Kier alpha value is -2.40. The summed E-state index contributed by atoms with van der Waals surface area (Å²) in [5.41, 5.74) is 1.79. The number of halogens is 1. The minimum absolute atomic E-state index is 0.0715. The summed E-state index contributed by atoms with van der Waals surface area (Å²) in [6.45, 7) is 1.77. The molecule has 114 valence electrons. The van der Waals surface area contributed by atoms with Crippen molar-refractivity contribution in [1.29, 1.82) is 0 Å². The van der Waals surface area contributed by atoms with Crippen LogP contribution in [0, 0.1) is 6.92 Å². The number of amides is 2. The minimum atomic E-state index is -0.316. The Kier molecular flexibility index (Phi) is 5.12. The molecule has 2 amide bonds. The smallest absolute Gasteiger partial charge is 0.255 e. The van der Waals surface area contributed by atoms with Crippen LogP contribution in [-0.2, 0) is 4.79 Å². The van der Waals surface area contributed by atoms with Crippen molar-refractivity contribution in [2.45, 2.75) is 6.92 Å². The first kappa shape index (κ1) is 16.0. The highest BCUT2D eigenvalue weighted by molar-refractivity contribution is 6.33. The summed E-state index contributed by atoms with van der Waals surface area (Å²) >= 11 is 5.97. The highest BCUT2D eigenvalue weighted by Gasteiger charge is 2.15. The zero-order valence-corrected chi connectivity index (χ0v) is 13.1. The Balaban J connectivity index is 1.97. The van der Waals surface area contributed by atoms with Gasteiger partial charge in [-0.25, -0.2) is 0 Å². The molecule has 5 nitrogen and oxygen atoms in total. The Morgan fingerprint density at radius 2 is 1.95 bits per heavy atom. The van der Waals surface area contributed by atoms with Gasteiger partial charge < -0.3 is 10.2 Å². The second kappa shape index (κ2) is 7.04. The fraction of sp³-hybridized carbons (Fsp3) is 0.188. The Morgan fingerprint density at radius 3 is 2.59 bits per heavy atom. The van der Waals surface area contributed by atoms with E-state index in [4.69, 9.17) is 11.6 Å². The number of nitrogens with one attached hydrogen (secondary N) is 1. The van der Waals surface area contributed by atoms with Crippen molar-refractivity contribution in [2.24, 2.45) is 0 Å². The number of benzene rings is 1.